The summed E-state index contributed by atoms with van der Waals surface area (Å²) in [6, 6.07) is 83.2. The van der Waals surface area contributed by atoms with Gasteiger partial charge in [-0.15, -0.1) is 0 Å². The van der Waals surface area contributed by atoms with Crippen LogP contribution >= 0.6 is 0 Å². The zero-order valence-electron chi connectivity index (χ0n) is 82.6. The zero-order valence-corrected chi connectivity index (χ0v) is 79.6. The van der Waals surface area contributed by atoms with Crippen LogP contribution in [0.2, 0.25) is 0 Å². The van der Waals surface area contributed by atoms with E-state index in [1.165, 1.54) is 117 Å². The van der Waals surface area contributed by atoms with Gasteiger partial charge in [-0.3, -0.25) is 26.4 Å². The van der Waals surface area contributed by atoms with Crippen molar-refractivity contribution in [1.29, 1.82) is 0 Å². The van der Waals surface area contributed by atoms with E-state index in [4.69, 9.17) is 34.0 Å². The molecule has 0 aliphatic carbocycles. The minimum Gasteiger partial charge on any atom is -0.299 e. The Morgan fingerprint density at radius 1 is 0.224 bits per heavy atom. The lowest BCUT2D eigenvalue weighted by atomic mass is 9.97. The molecule has 24 aromatic rings. The predicted molar refractivity (Wildman–Crippen MR) is 542 cm³/mol. The number of fused-ring (bicyclic) bond motifs is 18. The van der Waals surface area contributed by atoms with Crippen molar-refractivity contribution in [2.45, 2.75) is 96.9 Å². The molecule has 0 saturated carbocycles. The van der Waals surface area contributed by atoms with E-state index < -0.39 is 6.85 Å². The highest BCUT2D eigenvalue weighted by molar-refractivity contribution is 5.96. The van der Waals surface area contributed by atoms with Crippen molar-refractivity contribution in [3.8, 4) is 67.5 Å². The van der Waals surface area contributed by atoms with E-state index in [1.54, 1.807) is 12.1 Å². The normalized spacial score (nSPS) is 11.9. The molecule has 0 saturated heterocycles. The molecule has 0 amide bonds. The lowest BCUT2D eigenvalue weighted by Gasteiger charge is -2.09. The van der Waals surface area contributed by atoms with Crippen LogP contribution in [0.4, 0.5) is 0 Å². The topological polar surface area (TPSA) is 127 Å². The third-order valence-electron chi connectivity index (χ3n) is 26.3. The Bertz CT molecular complexity index is 8740. The number of rotatable bonds is 6. The largest absolute Gasteiger partial charge is 0.299 e. The molecule has 0 bridgehead atoms. The SMILES string of the molecule is Cc1cc(C)c(C)c(-c2c3nc4ccccn4c3cc[n+]2C)c1.Cc1cc(C)c(C)c(-c2c3nc4ccccn4c3cc[n+]2C)c1.Cc1cc(C)c(C)c(-c2cc3c(c[n+]2C)nc2ccccn23)c1.Cc1ccc(-c2c3nc4ccccn4c3cc[n+]2C)c(C)c1.Cc1ccccc1-c1c2nc3ccccn3c2cc[n+]1C.[2H]C([2H])([2H])c1ccc(-c2c3nc4ccccn4c3cc[n+]2C)c(C)c1. The molecule has 0 aliphatic heterocycles. The van der Waals surface area contributed by atoms with Crippen molar-refractivity contribution >= 4 is 100 Å². The first-order valence-corrected chi connectivity index (χ1v) is 45.5. The Morgan fingerprint density at radius 2 is 0.500 bits per heavy atom. The van der Waals surface area contributed by atoms with Gasteiger partial charge in [0.1, 0.15) is 76.2 Å². The fourth-order valence-electron chi connectivity index (χ4n) is 19.2. The molecule has 0 radical (unpaired) electrons. The lowest BCUT2D eigenvalue weighted by molar-refractivity contribution is -0.659. The summed E-state index contributed by atoms with van der Waals surface area (Å²) in [5.41, 5.74) is 49.7. The molecule has 18 heterocycles. The fourth-order valence-corrected chi connectivity index (χ4v) is 19.2. The summed E-state index contributed by atoms with van der Waals surface area (Å²) in [5, 5.41) is 0. The third kappa shape index (κ3) is 16.1. The van der Waals surface area contributed by atoms with E-state index in [0.717, 1.165) is 123 Å². The number of imidazole rings is 6. The van der Waals surface area contributed by atoms with Gasteiger partial charge in [-0.1, -0.05) is 125 Å². The van der Waals surface area contributed by atoms with Crippen molar-refractivity contribution < 1.29 is 31.5 Å². The Morgan fingerprint density at radius 3 is 0.836 bits per heavy atom. The van der Waals surface area contributed by atoms with Crippen molar-refractivity contribution in [2.24, 2.45) is 42.3 Å². The summed E-state index contributed by atoms with van der Waals surface area (Å²) >= 11 is 0. The van der Waals surface area contributed by atoms with Crippen molar-refractivity contribution in [1.82, 2.24) is 56.3 Å². The van der Waals surface area contributed by atoms with Gasteiger partial charge >= 0.3 is 0 Å². The van der Waals surface area contributed by atoms with Crippen molar-refractivity contribution in [3.63, 3.8) is 0 Å². The van der Waals surface area contributed by atoms with Gasteiger partial charge in [0.15, 0.2) is 70.3 Å². The van der Waals surface area contributed by atoms with Crippen LogP contribution in [-0.4, -0.2) is 56.3 Å². The van der Waals surface area contributed by atoms with Crippen LogP contribution in [0.15, 0.2) is 317 Å². The molecule has 0 spiro atoms. The monoisotopic (exact) mass is 1760 g/mol. The second kappa shape index (κ2) is 35.7. The first-order chi connectivity index (χ1) is 65.9. The van der Waals surface area contributed by atoms with Crippen LogP contribution in [0.5, 0.6) is 0 Å². The fraction of sp³-hybridized carbons (Fsp3) is 0.172. The van der Waals surface area contributed by atoms with E-state index >= 15 is 0 Å². The van der Waals surface area contributed by atoms with Crippen molar-refractivity contribution in [2.75, 3.05) is 0 Å². The molecule has 18 nitrogen and oxygen atoms in total. The molecule has 0 aliphatic rings. The summed E-state index contributed by atoms with van der Waals surface area (Å²) in [4.78, 5) is 29.0. The van der Waals surface area contributed by atoms with Gasteiger partial charge in [0, 0.05) is 83.3 Å². The summed E-state index contributed by atoms with van der Waals surface area (Å²) in [6.45, 7) is 25.9. The standard InChI is InChI=1S/3C20H20N3.2C19H18N3.C18H16N3/c2*1-13-11-14(2)15(3)16(12-13)20-19-17(8-10-22(20)4)23-9-6-5-7-18(23)21-19;1-13-9-14(2)15(3)16(10-13)18-11-19-17(12-22(18)4)21-20-7-5-6-8-23(19)20;2*1-13-7-8-15(14(2)12-13)19-18-16(9-11-21(19)3)22-10-5-4-6-17(22)20-18;1-13-7-3-4-8-14(13)18-17-15(10-12-20(18)2)21-11-6-5-9-16(21)19-17/h3*5-12H,1-4H3;2*4-12H,1-3H3;3-12H,1-2H3/q6*+1/i;;;1D3;;. The molecular weight excluding hydrogens is 1650 g/mol. The third-order valence-corrected chi connectivity index (χ3v) is 26.3. The van der Waals surface area contributed by atoms with Crippen LogP contribution < -0.4 is 27.4 Å². The zero-order chi connectivity index (χ0) is 95.8. The van der Waals surface area contributed by atoms with E-state index in [-0.39, 0.29) is 0 Å². The molecule has 134 heavy (non-hydrogen) atoms. The Labute approximate surface area is 784 Å². The first kappa shape index (κ1) is 83.5. The number of hydrogen-bond donors (Lipinski definition) is 0. The van der Waals surface area contributed by atoms with Gasteiger partial charge in [0.2, 0.25) is 34.2 Å². The van der Waals surface area contributed by atoms with E-state index in [9.17, 15) is 0 Å². The second-order valence-electron chi connectivity index (χ2n) is 35.8. The highest BCUT2D eigenvalue weighted by Crippen LogP contribution is 2.37. The maximum Gasteiger partial charge on any atom is 0.240 e. The molecule has 0 atom stereocenters. The average Bonchev–Trinajstić information content (AvgIpc) is 1.63. The molecule has 0 fully saturated rings. The first-order valence-electron chi connectivity index (χ1n) is 47.0. The number of nitrogens with zero attached hydrogens (tertiary/aromatic N) is 18. The van der Waals surface area contributed by atoms with Gasteiger partial charge < -0.3 is 0 Å². The highest BCUT2D eigenvalue weighted by Gasteiger charge is 2.29. The summed E-state index contributed by atoms with van der Waals surface area (Å²) in [7, 11) is 12.4. The second-order valence-corrected chi connectivity index (χ2v) is 35.8. The van der Waals surface area contributed by atoms with E-state index in [1.807, 2.05) is 140 Å². The quantitative estimate of drug-likeness (QED) is 0.153. The van der Waals surface area contributed by atoms with Crippen LogP contribution in [-0.2, 0) is 42.3 Å². The summed E-state index contributed by atoms with van der Waals surface area (Å²) in [6.07, 6.45) is 24.9. The average molecular weight is 1760 g/mol. The van der Waals surface area contributed by atoms with Gasteiger partial charge in [-0.05, 0) is 256 Å². The predicted octanol–water partition coefficient (Wildman–Crippen LogP) is 22.2. The van der Waals surface area contributed by atoms with E-state index in [2.05, 4.69) is 351 Å². The summed E-state index contributed by atoms with van der Waals surface area (Å²) in [5.74, 6) is 0. The summed E-state index contributed by atoms with van der Waals surface area (Å²) < 4.78 is 48.5. The molecule has 24 rings (SSSR count). The number of pyridine rings is 12. The molecule has 0 N–H and O–H groups in total. The van der Waals surface area contributed by atoms with Gasteiger partial charge in [0.05, 0.1) is 60.9 Å². The number of aryl methyl sites for hydroxylation is 17. The molecular formula is C116H112N18+6. The van der Waals surface area contributed by atoms with Crippen molar-refractivity contribution in [3.05, 3.63) is 395 Å². The smallest absolute Gasteiger partial charge is 0.240 e. The minimum atomic E-state index is -2.10. The number of aromatic nitrogens is 18. The lowest BCUT2D eigenvalue weighted by Crippen LogP contribution is -2.31. The minimum absolute atomic E-state index is 0.360. The van der Waals surface area contributed by atoms with Crippen LogP contribution in [0, 0.1) is 96.9 Å². The Hall–Kier alpha value is -16.1. The van der Waals surface area contributed by atoms with E-state index in [0.29, 0.717) is 5.56 Å². The number of benzene rings is 6. The van der Waals surface area contributed by atoms with Crippen LogP contribution in [0.25, 0.3) is 168 Å². The molecule has 0 unspecified atom stereocenters. The highest BCUT2D eigenvalue weighted by atomic mass is 15.1. The molecule has 18 heteroatoms. The Kier molecular flexibility index (Phi) is 22.2. The van der Waals surface area contributed by atoms with Crippen LogP contribution in [0.3, 0.4) is 0 Å². The molecule has 660 valence electrons. The van der Waals surface area contributed by atoms with Gasteiger partial charge in [-0.2, -0.15) is 27.4 Å². The van der Waals surface area contributed by atoms with Gasteiger partial charge in [-0.25, -0.2) is 29.9 Å². The Balaban J connectivity index is 0.000000105. The van der Waals surface area contributed by atoms with Gasteiger partial charge in [0.25, 0.3) is 0 Å². The molecule has 6 aromatic carbocycles. The number of hydrogen-bond acceptors (Lipinski definition) is 6. The maximum absolute atomic E-state index is 7.60. The maximum atomic E-state index is 7.60. The van der Waals surface area contributed by atoms with Crippen LogP contribution in [0.1, 0.15) is 82.0 Å². The molecule has 18 aromatic heterocycles.